The number of aromatic nitrogens is 2. The first-order valence-electron chi connectivity index (χ1n) is 7.56. The van der Waals surface area contributed by atoms with E-state index < -0.39 is 0 Å². The normalized spacial score (nSPS) is 12.7. The Morgan fingerprint density at radius 3 is 2.71 bits per heavy atom. The number of hydrogen-bond donors (Lipinski definition) is 1. The van der Waals surface area contributed by atoms with Crippen molar-refractivity contribution >= 4 is 11.0 Å². The van der Waals surface area contributed by atoms with Crippen molar-refractivity contribution in [3.63, 3.8) is 0 Å². The van der Waals surface area contributed by atoms with Gasteiger partial charge in [-0.05, 0) is 43.7 Å². The van der Waals surface area contributed by atoms with Crippen LogP contribution >= 0.6 is 0 Å². The monoisotopic (exact) mass is 279 g/mol. The summed E-state index contributed by atoms with van der Waals surface area (Å²) in [7, 11) is 0. The maximum Gasteiger partial charge on any atom is 0.100 e. The van der Waals surface area contributed by atoms with E-state index >= 15 is 0 Å². The number of nitrogens with zero attached hydrogens (tertiary/aromatic N) is 2. The fourth-order valence-corrected chi connectivity index (χ4v) is 2.70. The largest absolute Gasteiger partial charge is 0.310 e. The SMILES string of the molecule is CCCNC(C)c1ccccc1-n1cnc2ccccc21. The van der Waals surface area contributed by atoms with Gasteiger partial charge in [0.15, 0.2) is 0 Å². The van der Waals surface area contributed by atoms with Crippen LogP contribution in [0.2, 0.25) is 0 Å². The van der Waals surface area contributed by atoms with Crippen molar-refractivity contribution in [2.75, 3.05) is 6.54 Å². The lowest BCUT2D eigenvalue weighted by molar-refractivity contribution is 0.569. The smallest absolute Gasteiger partial charge is 0.100 e. The number of hydrogen-bond acceptors (Lipinski definition) is 2. The number of imidazole rings is 1. The van der Waals surface area contributed by atoms with Gasteiger partial charge < -0.3 is 5.32 Å². The highest BCUT2D eigenvalue weighted by atomic mass is 15.1. The Bertz CT molecular complexity index is 730. The van der Waals surface area contributed by atoms with Gasteiger partial charge in [-0.15, -0.1) is 0 Å². The van der Waals surface area contributed by atoms with E-state index in [0.717, 1.165) is 24.0 Å². The molecule has 1 heterocycles. The summed E-state index contributed by atoms with van der Waals surface area (Å²) in [6.45, 7) is 5.43. The molecule has 0 saturated carbocycles. The minimum Gasteiger partial charge on any atom is -0.310 e. The minimum atomic E-state index is 0.322. The molecule has 0 bridgehead atoms. The number of nitrogens with one attached hydrogen (secondary N) is 1. The molecule has 3 nitrogen and oxygen atoms in total. The summed E-state index contributed by atoms with van der Waals surface area (Å²) in [6, 6.07) is 17.1. The Morgan fingerprint density at radius 1 is 1.10 bits per heavy atom. The first-order chi connectivity index (χ1) is 10.3. The summed E-state index contributed by atoms with van der Waals surface area (Å²) >= 11 is 0. The van der Waals surface area contributed by atoms with Crippen LogP contribution < -0.4 is 5.32 Å². The number of para-hydroxylation sites is 3. The highest BCUT2D eigenvalue weighted by Gasteiger charge is 2.12. The first-order valence-corrected chi connectivity index (χ1v) is 7.56. The second-order valence-electron chi connectivity index (χ2n) is 5.34. The molecule has 0 fully saturated rings. The van der Waals surface area contributed by atoms with E-state index in [1.54, 1.807) is 0 Å². The molecule has 3 aromatic rings. The number of fused-ring (bicyclic) bond motifs is 1. The third kappa shape index (κ3) is 2.69. The van der Waals surface area contributed by atoms with Gasteiger partial charge in [0.05, 0.1) is 16.7 Å². The molecule has 3 rings (SSSR count). The predicted molar refractivity (Wildman–Crippen MR) is 87.8 cm³/mol. The van der Waals surface area contributed by atoms with Crippen LogP contribution in [-0.4, -0.2) is 16.1 Å². The van der Waals surface area contributed by atoms with E-state index in [1.165, 1.54) is 11.3 Å². The lowest BCUT2D eigenvalue weighted by Gasteiger charge is -2.18. The Kier molecular flexibility index (Phi) is 4.02. The quantitative estimate of drug-likeness (QED) is 0.762. The third-order valence-corrected chi connectivity index (χ3v) is 3.82. The second-order valence-corrected chi connectivity index (χ2v) is 5.34. The highest BCUT2D eigenvalue weighted by Crippen LogP contribution is 2.25. The molecule has 0 aliphatic rings. The Morgan fingerprint density at radius 2 is 1.86 bits per heavy atom. The number of benzene rings is 2. The average Bonchev–Trinajstić information content (AvgIpc) is 2.96. The fourth-order valence-electron chi connectivity index (χ4n) is 2.70. The third-order valence-electron chi connectivity index (χ3n) is 3.82. The van der Waals surface area contributed by atoms with E-state index in [9.17, 15) is 0 Å². The van der Waals surface area contributed by atoms with Crippen LogP contribution in [-0.2, 0) is 0 Å². The van der Waals surface area contributed by atoms with Crippen LogP contribution in [0.1, 0.15) is 31.9 Å². The van der Waals surface area contributed by atoms with E-state index in [0.29, 0.717) is 6.04 Å². The summed E-state index contributed by atoms with van der Waals surface area (Å²) in [5, 5.41) is 3.57. The zero-order valence-corrected chi connectivity index (χ0v) is 12.6. The van der Waals surface area contributed by atoms with Gasteiger partial charge in [-0.1, -0.05) is 37.3 Å². The highest BCUT2D eigenvalue weighted by molar-refractivity contribution is 5.77. The predicted octanol–water partition coefficient (Wildman–Crippen LogP) is 4.09. The van der Waals surface area contributed by atoms with Gasteiger partial charge in [-0.25, -0.2) is 4.98 Å². The van der Waals surface area contributed by atoms with Gasteiger partial charge in [0.2, 0.25) is 0 Å². The molecule has 0 amide bonds. The molecule has 0 spiro atoms. The van der Waals surface area contributed by atoms with E-state index in [-0.39, 0.29) is 0 Å². The maximum absolute atomic E-state index is 4.50. The molecule has 0 saturated heterocycles. The Balaban J connectivity index is 2.06. The van der Waals surface area contributed by atoms with E-state index in [4.69, 9.17) is 0 Å². The average molecular weight is 279 g/mol. The number of rotatable bonds is 5. The van der Waals surface area contributed by atoms with Crippen molar-refractivity contribution in [2.24, 2.45) is 0 Å². The van der Waals surface area contributed by atoms with Crippen LogP contribution in [0.3, 0.4) is 0 Å². The van der Waals surface area contributed by atoms with Crippen molar-refractivity contribution in [1.29, 1.82) is 0 Å². The van der Waals surface area contributed by atoms with Crippen LogP contribution in [0.25, 0.3) is 16.7 Å². The molecule has 1 atom stereocenters. The summed E-state index contributed by atoms with van der Waals surface area (Å²) in [5.74, 6) is 0. The standard InChI is InChI=1S/C18H21N3/c1-3-12-19-14(2)15-8-4-6-10-17(15)21-13-20-16-9-5-7-11-18(16)21/h4-11,13-14,19H,3,12H2,1-2H3. The zero-order valence-electron chi connectivity index (χ0n) is 12.6. The summed E-state index contributed by atoms with van der Waals surface area (Å²) in [4.78, 5) is 4.50. The fraction of sp³-hybridized carbons (Fsp3) is 0.278. The molecular weight excluding hydrogens is 258 g/mol. The summed E-state index contributed by atoms with van der Waals surface area (Å²) in [5.41, 5.74) is 4.67. The van der Waals surface area contributed by atoms with Crippen molar-refractivity contribution in [2.45, 2.75) is 26.3 Å². The minimum absolute atomic E-state index is 0.322. The molecule has 1 unspecified atom stereocenters. The van der Waals surface area contributed by atoms with Crippen LogP contribution in [0.4, 0.5) is 0 Å². The van der Waals surface area contributed by atoms with Crippen LogP contribution in [0, 0.1) is 0 Å². The van der Waals surface area contributed by atoms with E-state index in [2.05, 4.69) is 65.1 Å². The topological polar surface area (TPSA) is 29.9 Å². The lowest BCUT2D eigenvalue weighted by atomic mass is 10.1. The van der Waals surface area contributed by atoms with Gasteiger partial charge >= 0.3 is 0 Å². The molecule has 3 heteroatoms. The van der Waals surface area contributed by atoms with Crippen molar-refractivity contribution in [3.8, 4) is 5.69 Å². The molecule has 108 valence electrons. The summed E-state index contributed by atoms with van der Waals surface area (Å²) in [6.07, 6.45) is 3.05. The van der Waals surface area contributed by atoms with Gasteiger partial charge in [-0.3, -0.25) is 4.57 Å². The lowest BCUT2D eigenvalue weighted by Crippen LogP contribution is -2.20. The zero-order chi connectivity index (χ0) is 14.7. The van der Waals surface area contributed by atoms with E-state index in [1.807, 2.05) is 18.5 Å². The Hall–Kier alpha value is -2.13. The Labute approximate surface area is 125 Å². The first kappa shape index (κ1) is 13.8. The second kappa shape index (κ2) is 6.10. The van der Waals surface area contributed by atoms with Gasteiger partial charge in [0, 0.05) is 6.04 Å². The molecule has 0 radical (unpaired) electrons. The molecule has 2 aromatic carbocycles. The molecule has 0 aliphatic heterocycles. The van der Waals surface area contributed by atoms with Gasteiger partial charge in [0.25, 0.3) is 0 Å². The molecular formula is C18H21N3. The van der Waals surface area contributed by atoms with Crippen LogP contribution in [0.15, 0.2) is 54.9 Å². The summed E-state index contributed by atoms with van der Waals surface area (Å²) < 4.78 is 2.18. The van der Waals surface area contributed by atoms with Crippen molar-refractivity contribution < 1.29 is 0 Å². The molecule has 21 heavy (non-hydrogen) atoms. The van der Waals surface area contributed by atoms with Crippen molar-refractivity contribution in [3.05, 3.63) is 60.4 Å². The molecule has 1 aromatic heterocycles. The van der Waals surface area contributed by atoms with Gasteiger partial charge in [-0.2, -0.15) is 0 Å². The van der Waals surface area contributed by atoms with Crippen molar-refractivity contribution in [1.82, 2.24) is 14.9 Å². The van der Waals surface area contributed by atoms with Crippen LogP contribution in [0.5, 0.6) is 0 Å². The molecule has 1 N–H and O–H groups in total. The molecule has 0 aliphatic carbocycles. The van der Waals surface area contributed by atoms with Gasteiger partial charge in [0.1, 0.15) is 6.33 Å². The maximum atomic E-state index is 4.50.